The zero-order valence-corrected chi connectivity index (χ0v) is 12.2. The Balaban J connectivity index is 1.81. The highest BCUT2D eigenvalue weighted by atomic mass is 32.1. The number of thiophene rings is 2. The average Bonchev–Trinajstić information content (AvgIpc) is 3.10. The van der Waals surface area contributed by atoms with Gasteiger partial charge in [-0.3, -0.25) is 4.79 Å². The van der Waals surface area contributed by atoms with E-state index < -0.39 is 0 Å². The summed E-state index contributed by atoms with van der Waals surface area (Å²) in [7, 11) is 0. The molecule has 2 aromatic heterocycles. The van der Waals surface area contributed by atoms with Crippen molar-refractivity contribution in [2.75, 3.05) is 13.2 Å². The predicted molar refractivity (Wildman–Crippen MR) is 80.0 cm³/mol. The van der Waals surface area contributed by atoms with Gasteiger partial charge in [0.15, 0.2) is 0 Å². The van der Waals surface area contributed by atoms with Gasteiger partial charge in [0, 0.05) is 29.0 Å². The second-order valence-electron chi connectivity index (χ2n) is 4.28. The maximum absolute atomic E-state index is 11.8. The van der Waals surface area contributed by atoms with E-state index in [-0.39, 0.29) is 12.5 Å². The number of rotatable bonds is 7. The van der Waals surface area contributed by atoms with Gasteiger partial charge in [-0.15, -0.1) is 11.3 Å². The van der Waals surface area contributed by atoms with Crippen LogP contribution in [-0.2, 0) is 0 Å². The highest BCUT2D eigenvalue weighted by Crippen LogP contribution is 2.26. The summed E-state index contributed by atoms with van der Waals surface area (Å²) in [5.74, 6) is 0.308. The van der Waals surface area contributed by atoms with Gasteiger partial charge < -0.3 is 10.4 Å². The molecule has 19 heavy (non-hydrogen) atoms. The van der Waals surface area contributed by atoms with E-state index in [1.54, 1.807) is 11.3 Å². The molecular formula is C14H17NO2S2. The summed E-state index contributed by atoms with van der Waals surface area (Å²) in [6.07, 6.45) is 1.60. The Morgan fingerprint density at radius 3 is 2.84 bits per heavy atom. The second-order valence-corrected chi connectivity index (χ2v) is 6.04. The van der Waals surface area contributed by atoms with Crippen LogP contribution in [0.1, 0.15) is 34.0 Å². The van der Waals surface area contributed by atoms with Gasteiger partial charge in [0.1, 0.15) is 0 Å². The predicted octanol–water partition coefficient (Wildman–Crippen LogP) is 3.10. The molecule has 0 aliphatic rings. The first-order chi connectivity index (χ1) is 9.31. The van der Waals surface area contributed by atoms with E-state index in [9.17, 15) is 4.79 Å². The molecule has 2 heterocycles. The maximum atomic E-state index is 11.8. The molecule has 0 aliphatic heterocycles. The van der Waals surface area contributed by atoms with Crippen molar-refractivity contribution in [1.29, 1.82) is 0 Å². The van der Waals surface area contributed by atoms with Crippen LogP contribution in [0.2, 0.25) is 0 Å². The molecule has 2 rings (SSSR count). The van der Waals surface area contributed by atoms with Crippen LogP contribution in [0, 0.1) is 0 Å². The first-order valence-electron chi connectivity index (χ1n) is 6.26. The molecule has 0 aliphatic carbocycles. The number of amides is 1. The first kappa shape index (κ1) is 14.2. The molecule has 0 bridgehead atoms. The van der Waals surface area contributed by atoms with Gasteiger partial charge >= 0.3 is 0 Å². The highest BCUT2D eigenvalue weighted by molar-refractivity contribution is 7.10. The van der Waals surface area contributed by atoms with E-state index in [4.69, 9.17) is 5.11 Å². The van der Waals surface area contributed by atoms with E-state index in [1.165, 1.54) is 16.2 Å². The third-order valence-corrected chi connectivity index (χ3v) is 4.70. The summed E-state index contributed by atoms with van der Waals surface area (Å²) in [5.41, 5.74) is 0.722. The molecule has 2 aromatic rings. The Hall–Kier alpha value is -1.17. The second kappa shape index (κ2) is 7.43. The van der Waals surface area contributed by atoms with Crippen molar-refractivity contribution in [2.24, 2.45) is 0 Å². The standard InChI is InChI=1S/C14H17NO2S2/c16-7-4-11(13-2-1-8-19-13)3-6-15-14(17)12-5-9-18-10-12/h1-2,5,8-11,16H,3-4,6-7H2,(H,15,17)/t11-/m0/s1. The molecule has 0 saturated carbocycles. The monoisotopic (exact) mass is 295 g/mol. The minimum absolute atomic E-state index is 0.0184. The van der Waals surface area contributed by atoms with E-state index in [0.717, 1.165) is 18.4 Å². The lowest BCUT2D eigenvalue weighted by Gasteiger charge is -2.14. The van der Waals surface area contributed by atoms with Crippen molar-refractivity contribution in [2.45, 2.75) is 18.8 Å². The summed E-state index contributed by atoms with van der Waals surface area (Å²) in [5, 5.41) is 17.8. The third kappa shape index (κ3) is 4.16. The van der Waals surface area contributed by atoms with E-state index in [2.05, 4.69) is 11.4 Å². The van der Waals surface area contributed by atoms with Crippen LogP contribution < -0.4 is 5.32 Å². The van der Waals surface area contributed by atoms with Gasteiger partial charge in [-0.25, -0.2) is 0 Å². The number of carbonyl (C=O) groups excluding carboxylic acids is 1. The summed E-state index contributed by atoms with van der Waals surface area (Å²) in [6, 6.07) is 5.93. The molecule has 2 N–H and O–H groups in total. The summed E-state index contributed by atoms with van der Waals surface area (Å²) < 4.78 is 0. The lowest BCUT2D eigenvalue weighted by Crippen LogP contribution is -2.25. The molecule has 3 nitrogen and oxygen atoms in total. The van der Waals surface area contributed by atoms with Gasteiger partial charge in [-0.05, 0) is 41.7 Å². The number of hydrogen-bond acceptors (Lipinski definition) is 4. The molecule has 1 amide bonds. The summed E-state index contributed by atoms with van der Waals surface area (Å²) >= 11 is 3.23. The lowest BCUT2D eigenvalue weighted by atomic mass is 10.00. The molecule has 1 atom stereocenters. The summed E-state index contributed by atoms with van der Waals surface area (Å²) in [6.45, 7) is 0.818. The number of carbonyl (C=O) groups is 1. The Kier molecular flexibility index (Phi) is 5.57. The lowest BCUT2D eigenvalue weighted by molar-refractivity contribution is 0.0952. The fourth-order valence-corrected chi connectivity index (χ4v) is 3.50. The van der Waals surface area contributed by atoms with Gasteiger partial charge in [-0.2, -0.15) is 11.3 Å². The minimum Gasteiger partial charge on any atom is -0.396 e. The van der Waals surface area contributed by atoms with Crippen LogP contribution in [0.5, 0.6) is 0 Å². The zero-order valence-electron chi connectivity index (χ0n) is 10.5. The van der Waals surface area contributed by atoms with Gasteiger partial charge in [0.25, 0.3) is 5.91 Å². The molecule has 102 valence electrons. The molecule has 0 radical (unpaired) electrons. The van der Waals surface area contributed by atoms with E-state index in [0.29, 0.717) is 12.5 Å². The quantitative estimate of drug-likeness (QED) is 0.824. The Labute approximate surface area is 120 Å². The van der Waals surface area contributed by atoms with Crippen molar-refractivity contribution >= 4 is 28.6 Å². The first-order valence-corrected chi connectivity index (χ1v) is 8.08. The Morgan fingerprint density at radius 2 is 2.21 bits per heavy atom. The van der Waals surface area contributed by atoms with Crippen LogP contribution in [-0.4, -0.2) is 24.2 Å². The minimum atomic E-state index is -0.0184. The Bertz CT molecular complexity index is 480. The van der Waals surface area contributed by atoms with Crippen molar-refractivity contribution in [3.05, 3.63) is 44.8 Å². The normalized spacial score (nSPS) is 12.3. The van der Waals surface area contributed by atoms with Crippen molar-refractivity contribution in [3.8, 4) is 0 Å². The van der Waals surface area contributed by atoms with Crippen LogP contribution in [0.25, 0.3) is 0 Å². The number of hydrogen-bond donors (Lipinski definition) is 2. The van der Waals surface area contributed by atoms with Crippen molar-refractivity contribution in [1.82, 2.24) is 5.32 Å². The third-order valence-electron chi connectivity index (χ3n) is 2.98. The molecule has 5 heteroatoms. The SMILES string of the molecule is O=C(NCC[C@@H](CCO)c1cccs1)c1ccsc1. The molecular weight excluding hydrogens is 278 g/mol. The van der Waals surface area contributed by atoms with Crippen molar-refractivity contribution in [3.63, 3.8) is 0 Å². The molecule has 0 saturated heterocycles. The fourth-order valence-electron chi connectivity index (χ4n) is 1.96. The fraction of sp³-hybridized carbons (Fsp3) is 0.357. The van der Waals surface area contributed by atoms with Crippen LogP contribution >= 0.6 is 22.7 Å². The van der Waals surface area contributed by atoms with Crippen LogP contribution in [0.4, 0.5) is 0 Å². The van der Waals surface area contributed by atoms with E-state index >= 15 is 0 Å². The number of aliphatic hydroxyl groups excluding tert-OH is 1. The van der Waals surface area contributed by atoms with Crippen LogP contribution in [0.15, 0.2) is 34.3 Å². The number of nitrogens with one attached hydrogen (secondary N) is 1. The maximum Gasteiger partial charge on any atom is 0.252 e. The summed E-state index contributed by atoms with van der Waals surface area (Å²) in [4.78, 5) is 13.1. The van der Waals surface area contributed by atoms with Crippen LogP contribution in [0.3, 0.4) is 0 Å². The zero-order chi connectivity index (χ0) is 13.5. The topological polar surface area (TPSA) is 49.3 Å². The largest absolute Gasteiger partial charge is 0.396 e. The van der Waals surface area contributed by atoms with Gasteiger partial charge in [0.05, 0.1) is 0 Å². The average molecular weight is 295 g/mol. The molecule has 0 unspecified atom stereocenters. The molecule has 0 aromatic carbocycles. The van der Waals surface area contributed by atoms with Gasteiger partial charge in [-0.1, -0.05) is 6.07 Å². The van der Waals surface area contributed by atoms with Crippen molar-refractivity contribution < 1.29 is 9.90 Å². The Morgan fingerprint density at radius 1 is 1.32 bits per heavy atom. The molecule has 0 fully saturated rings. The smallest absolute Gasteiger partial charge is 0.252 e. The highest BCUT2D eigenvalue weighted by Gasteiger charge is 2.13. The van der Waals surface area contributed by atoms with Gasteiger partial charge in [0.2, 0.25) is 0 Å². The molecule has 0 spiro atoms. The van der Waals surface area contributed by atoms with E-state index in [1.807, 2.05) is 28.3 Å². The number of aliphatic hydroxyl groups is 1.